The van der Waals surface area contributed by atoms with Gasteiger partial charge < -0.3 is 5.32 Å². The highest BCUT2D eigenvalue weighted by molar-refractivity contribution is 7.08. The Morgan fingerprint density at radius 1 is 1.53 bits per heavy atom. The molecular formula is C11H18ClN3OS. The van der Waals surface area contributed by atoms with Crippen LogP contribution in [-0.2, 0) is 0 Å². The Bertz CT molecular complexity index is 390. The molecule has 0 saturated carbocycles. The number of halogens is 1. The zero-order valence-electron chi connectivity index (χ0n) is 10.6. The van der Waals surface area contributed by atoms with Crippen molar-refractivity contribution in [3.63, 3.8) is 0 Å². The van der Waals surface area contributed by atoms with E-state index >= 15 is 0 Å². The van der Waals surface area contributed by atoms with Crippen LogP contribution in [0.5, 0.6) is 0 Å². The van der Waals surface area contributed by atoms with E-state index in [1.54, 1.807) is 0 Å². The maximum absolute atomic E-state index is 12.1. The molecule has 1 rings (SSSR count). The maximum atomic E-state index is 12.1. The van der Waals surface area contributed by atoms with Crippen LogP contribution in [0.25, 0.3) is 0 Å². The second-order valence-electron chi connectivity index (χ2n) is 4.92. The maximum Gasteiger partial charge on any atom is 0.265 e. The van der Waals surface area contributed by atoms with E-state index in [0.717, 1.165) is 23.6 Å². The van der Waals surface area contributed by atoms with E-state index in [2.05, 4.69) is 14.9 Å². The van der Waals surface area contributed by atoms with Crippen molar-refractivity contribution in [3.05, 3.63) is 10.6 Å². The van der Waals surface area contributed by atoms with Crippen LogP contribution in [0.3, 0.4) is 0 Å². The van der Waals surface area contributed by atoms with Crippen LogP contribution >= 0.6 is 23.1 Å². The lowest BCUT2D eigenvalue weighted by Gasteiger charge is -2.25. The van der Waals surface area contributed by atoms with E-state index in [1.165, 1.54) is 0 Å². The quantitative estimate of drug-likeness (QED) is 0.841. The molecule has 0 bridgehead atoms. The van der Waals surface area contributed by atoms with E-state index in [4.69, 9.17) is 11.6 Å². The van der Waals surface area contributed by atoms with E-state index in [0.29, 0.717) is 10.8 Å². The first-order chi connectivity index (χ1) is 7.87. The summed E-state index contributed by atoms with van der Waals surface area (Å²) in [7, 11) is 0. The number of nitrogens with zero attached hydrogens (tertiary/aromatic N) is 2. The first-order valence-corrected chi connectivity index (χ1v) is 6.89. The molecule has 0 atom stereocenters. The van der Waals surface area contributed by atoms with Gasteiger partial charge in [0.2, 0.25) is 0 Å². The Hall–Kier alpha value is -0.680. The van der Waals surface area contributed by atoms with Crippen LogP contribution in [0.2, 0.25) is 0 Å². The number of aromatic nitrogens is 2. The predicted octanol–water partition coefficient (Wildman–Crippen LogP) is 2.80. The second kappa shape index (κ2) is 5.78. The number of hydrogen-bond donors (Lipinski definition) is 1. The van der Waals surface area contributed by atoms with Gasteiger partial charge in [-0.25, -0.2) is 0 Å². The minimum absolute atomic E-state index is 0.112. The fraction of sp³-hybridized carbons (Fsp3) is 0.727. The van der Waals surface area contributed by atoms with Crippen molar-refractivity contribution >= 4 is 29.0 Å². The fourth-order valence-corrected chi connectivity index (χ4v) is 2.58. The lowest BCUT2D eigenvalue weighted by molar-refractivity contribution is 0.0914. The normalized spacial score (nSPS) is 11.9. The van der Waals surface area contributed by atoms with Crippen LogP contribution in [0, 0.1) is 0 Å². The van der Waals surface area contributed by atoms with Gasteiger partial charge in [0, 0.05) is 11.4 Å². The largest absolute Gasteiger partial charge is 0.346 e. The molecule has 17 heavy (non-hydrogen) atoms. The zero-order chi connectivity index (χ0) is 13.1. The fourth-order valence-electron chi connectivity index (χ4n) is 1.40. The van der Waals surface area contributed by atoms with E-state index in [9.17, 15) is 4.79 Å². The van der Waals surface area contributed by atoms with E-state index in [1.807, 2.05) is 27.7 Å². The molecule has 0 fully saturated rings. The van der Waals surface area contributed by atoms with Gasteiger partial charge in [-0.2, -0.15) is 0 Å². The first kappa shape index (κ1) is 14.4. The highest BCUT2D eigenvalue weighted by atomic mass is 35.5. The summed E-state index contributed by atoms with van der Waals surface area (Å²) in [6.45, 7) is 7.91. The van der Waals surface area contributed by atoms with Crippen molar-refractivity contribution in [3.8, 4) is 0 Å². The summed E-state index contributed by atoms with van der Waals surface area (Å²) in [6, 6.07) is 0. The molecule has 4 nitrogen and oxygen atoms in total. The van der Waals surface area contributed by atoms with Crippen molar-refractivity contribution in [1.29, 1.82) is 0 Å². The number of carbonyl (C=O) groups is 1. The van der Waals surface area contributed by atoms with Crippen molar-refractivity contribution < 1.29 is 4.79 Å². The van der Waals surface area contributed by atoms with Crippen LogP contribution < -0.4 is 5.32 Å². The third-order valence-electron chi connectivity index (χ3n) is 2.44. The Labute approximate surface area is 111 Å². The molecule has 96 valence electrons. The van der Waals surface area contributed by atoms with Gasteiger partial charge in [0.05, 0.1) is 5.69 Å². The van der Waals surface area contributed by atoms with E-state index in [-0.39, 0.29) is 17.4 Å². The zero-order valence-corrected chi connectivity index (χ0v) is 12.2. The molecule has 0 aromatic carbocycles. The molecule has 0 saturated heterocycles. The highest BCUT2D eigenvalue weighted by Crippen LogP contribution is 2.20. The number of nitrogens with one attached hydrogen (secondary N) is 1. The third-order valence-corrected chi connectivity index (χ3v) is 3.37. The molecule has 0 radical (unpaired) electrons. The summed E-state index contributed by atoms with van der Waals surface area (Å²) in [5.41, 5.74) is 0.450. The molecule has 1 aromatic heterocycles. The highest BCUT2D eigenvalue weighted by Gasteiger charge is 2.24. The minimum Gasteiger partial charge on any atom is -0.346 e. The lowest BCUT2D eigenvalue weighted by Crippen LogP contribution is -2.43. The van der Waals surface area contributed by atoms with Gasteiger partial charge in [-0.3, -0.25) is 4.79 Å². The predicted molar refractivity (Wildman–Crippen MR) is 70.9 cm³/mol. The Balaban J connectivity index is 2.80. The van der Waals surface area contributed by atoms with Gasteiger partial charge in [-0.15, -0.1) is 16.7 Å². The summed E-state index contributed by atoms with van der Waals surface area (Å²) < 4.78 is 3.85. The number of alkyl halides is 1. The standard InChI is InChI=1S/C11H18ClN3OS/c1-7(2)8-9(17-15-14-8)10(16)13-11(3,4)5-6-12/h7H,5-6H2,1-4H3,(H,13,16). The summed E-state index contributed by atoms with van der Waals surface area (Å²) in [6.07, 6.45) is 0.726. The van der Waals surface area contributed by atoms with E-state index < -0.39 is 0 Å². The summed E-state index contributed by atoms with van der Waals surface area (Å²) >= 11 is 6.84. The summed E-state index contributed by atoms with van der Waals surface area (Å²) in [5.74, 6) is 0.607. The van der Waals surface area contributed by atoms with Gasteiger partial charge in [-0.1, -0.05) is 18.3 Å². The van der Waals surface area contributed by atoms with Crippen molar-refractivity contribution in [2.75, 3.05) is 5.88 Å². The monoisotopic (exact) mass is 275 g/mol. The average molecular weight is 276 g/mol. The number of carbonyl (C=O) groups excluding carboxylic acids is 1. The lowest BCUT2D eigenvalue weighted by atomic mass is 10.0. The Morgan fingerprint density at radius 2 is 2.18 bits per heavy atom. The van der Waals surface area contributed by atoms with Crippen LogP contribution in [-0.4, -0.2) is 26.9 Å². The summed E-state index contributed by atoms with van der Waals surface area (Å²) in [4.78, 5) is 12.7. The first-order valence-electron chi connectivity index (χ1n) is 5.58. The van der Waals surface area contributed by atoms with Gasteiger partial charge >= 0.3 is 0 Å². The molecule has 0 spiro atoms. The number of rotatable bonds is 5. The Kier molecular flexibility index (Phi) is 4.89. The smallest absolute Gasteiger partial charge is 0.265 e. The molecule has 0 aliphatic rings. The molecule has 1 N–H and O–H groups in total. The van der Waals surface area contributed by atoms with Gasteiger partial charge in [0.25, 0.3) is 5.91 Å². The van der Waals surface area contributed by atoms with Crippen molar-refractivity contribution in [2.45, 2.75) is 45.6 Å². The SMILES string of the molecule is CC(C)c1nnsc1C(=O)NC(C)(C)CCCl. The van der Waals surface area contributed by atoms with Crippen molar-refractivity contribution in [1.82, 2.24) is 14.9 Å². The van der Waals surface area contributed by atoms with Crippen molar-refractivity contribution in [2.24, 2.45) is 0 Å². The van der Waals surface area contributed by atoms with Crippen LogP contribution in [0.1, 0.15) is 55.4 Å². The molecular weight excluding hydrogens is 258 g/mol. The van der Waals surface area contributed by atoms with Gasteiger partial charge in [-0.05, 0) is 37.7 Å². The second-order valence-corrected chi connectivity index (χ2v) is 6.05. The van der Waals surface area contributed by atoms with Crippen LogP contribution in [0.4, 0.5) is 0 Å². The molecule has 1 heterocycles. The number of amides is 1. The molecule has 0 unspecified atom stereocenters. The average Bonchev–Trinajstić information content (AvgIpc) is 2.64. The molecule has 0 aliphatic heterocycles. The topological polar surface area (TPSA) is 54.9 Å². The minimum atomic E-state index is -0.308. The number of hydrogen-bond acceptors (Lipinski definition) is 4. The van der Waals surface area contributed by atoms with Crippen LogP contribution in [0.15, 0.2) is 0 Å². The molecule has 0 aliphatic carbocycles. The summed E-state index contributed by atoms with van der Waals surface area (Å²) in [5, 5.41) is 6.96. The Morgan fingerprint density at radius 3 is 2.71 bits per heavy atom. The van der Waals surface area contributed by atoms with Gasteiger partial charge in [0.15, 0.2) is 0 Å². The molecule has 6 heteroatoms. The third kappa shape index (κ3) is 3.92. The van der Waals surface area contributed by atoms with Gasteiger partial charge in [0.1, 0.15) is 4.88 Å². The molecule has 1 amide bonds. The molecule has 1 aromatic rings.